The molecule has 3 N–H and O–H groups in total. The lowest BCUT2D eigenvalue weighted by Crippen LogP contribution is -2.15. The number of methoxy groups -OCH3 is 2. The number of carbonyl (C=O) groups is 1. The Kier molecular flexibility index (Phi) is 6.42. The van der Waals surface area contributed by atoms with Crippen molar-refractivity contribution in [2.75, 3.05) is 24.3 Å². The van der Waals surface area contributed by atoms with E-state index in [1.165, 1.54) is 24.5 Å². The molecule has 0 aliphatic carbocycles. The second kappa shape index (κ2) is 8.99. The van der Waals surface area contributed by atoms with Crippen molar-refractivity contribution in [1.82, 2.24) is 4.98 Å². The molecule has 0 radical (unpaired) electrons. The zero-order valence-corrected chi connectivity index (χ0v) is 16.9. The average molecular weight is 437 g/mol. The van der Waals surface area contributed by atoms with Gasteiger partial charge in [0, 0.05) is 10.9 Å². The van der Waals surface area contributed by atoms with Crippen molar-refractivity contribution < 1.29 is 27.4 Å². The van der Waals surface area contributed by atoms with E-state index in [0.29, 0.717) is 22.3 Å². The van der Waals surface area contributed by atoms with Crippen LogP contribution in [0, 0.1) is 5.82 Å². The van der Waals surface area contributed by atoms with Gasteiger partial charge in [-0.2, -0.15) is 0 Å². The van der Waals surface area contributed by atoms with Crippen LogP contribution >= 0.6 is 11.3 Å². The summed E-state index contributed by atoms with van der Waals surface area (Å²) < 4.78 is 46.0. The number of nitrogens with one attached hydrogen (secondary N) is 2. The molecule has 3 rings (SSSR count). The first kappa shape index (κ1) is 20.7. The summed E-state index contributed by atoms with van der Waals surface area (Å²) in [5.41, 5.74) is 1.26. The van der Waals surface area contributed by atoms with Gasteiger partial charge in [-0.3, -0.25) is 19.4 Å². The van der Waals surface area contributed by atoms with Crippen molar-refractivity contribution in [3.8, 4) is 22.8 Å². The molecule has 1 heterocycles. The molecule has 0 saturated heterocycles. The molecule has 0 bridgehead atoms. The number of thiazole rings is 1. The monoisotopic (exact) mass is 437 g/mol. The summed E-state index contributed by atoms with van der Waals surface area (Å²) in [7, 11) is 3.07. The smallest absolute Gasteiger partial charge is 0.259 e. The highest BCUT2D eigenvalue weighted by molar-refractivity contribution is 7.80. The quantitative estimate of drug-likeness (QED) is 0.486. The maximum Gasteiger partial charge on any atom is 0.259 e. The lowest BCUT2D eigenvalue weighted by molar-refractivity contribution is 0.102. The van der Waals surface area contributed by atoms with Gasteiger partial charge < -0.3 is 9.47 Å². The average Bonchev–Trinajstić information content (AvgIpc) is 3.15. The number of anilines is 2. The minimum absolute atomic E-state index is 0.00309. The maximum atomic E-state index is 13.4. The van der Waals surface area contributed by atoms with E-state index in [1.54, 1.807) is 30.7 Å². The first-order valence-corrected chi connectivity index (χ1v) is 10.1. The van der Waals surface area contributed by atoms with E-state index < -0.39 is 23.0 Å². The van der Waals surface area contributed by atoms with Gasteiger partial charge in [0.2, 0.25) is 0 Å². The van der Waals surface area contributed by atoms with Crippen molar-refractivity contribution in [3.63, 3.8) is 0 Å². The number of hydrogen-bond donors (Lipinski definition) is 3. The number of nitrogens with zero attached hydrogens (tertiary/aromatic N) is 1. The molecule has 0 aliphatic rings. The molecular formula is C18H16FN3O5S2. The van der Waals surface area contributed by atoms with E-state index in [2.05, 4.69) is 15.0 Å². The van der Waals surface area contributed by atoms with Crippen molar-refractivity contribution >= 4 is 39.3 Å². The summed E-state index contributed by atoms with van der Waals surface area (Å²) in [5, 5.41) is 4.66. The third kappa shape index (κ3) is 4.88. The van der Waals surface area contributed by atoms with E-state index in [4.69, 9.17) is 14.0 Å². The summed E-state index contributed by atoms with van der Waals surface area (Å²) in [4.78, 5) is 16.9. The highest BCUT2D eigenvalue weighted by atomic mass is 32.2. The fraction of sp³-hybridized carbons (Fsp3) is 0.111. The van der Waals surface area contributed by atoms with Gasteiger partial charge in [0.1, 0.15) is 5.82 Å². The third-order valence-electron chi connectivity index (χ3n) is 3.83. The SMILES string of the molecule is COc1ccc(-c2csc(NC(=O)c3ccc(F)cc3NS(=O)O)n2)cc1OC. The zero-order valence-electron chi connectivity index (χ0n) is 15.3. The molecular weight excluding hydrogens is 421 g/mol. The van der Waals surface area contributed by atoms with Crippen molar-refractivity contribution in [2.24, 2.45) is 0 Å². The Bertz CT molecular complexity index is 1070. The maximum absolute atomic E-state index is 13.4. The molecule has 0 saturated carbocycles. The standard InChI is InChI=1S/C18H16FN3O5S2/c1-26-15-6-3-10(7-16(15)27-2)14-9-28-18(20-14)21-17(23)12-5-4-11(19)8-13(12)22-29(24)25/h3-9,22H,1-2H3,(H,24,25)(H,20,21,23). The van der Waals surface area contributed by atoms with Gasteiger partial charge in [-0.25, -0.2) is 13.6 Å². The fourth-order valence-corrected chi connectivity index (χ4v) is 3.59. The molecule has 1 atom stereocenters. The summed E-state index contributed by atoms with van der Waals surface area (Å²) in [6.07, 6.45) is 0. The van der Waals surface area contributed by atoms with E-state index in [-0.39, 0.29) is 11.3 Å². The van der Waals surface area contributed by atoms with Crippen LogP contribution in [0.4, 0.5) is 15.2 Å². The second-order valence-corrected chi connectivity index (χ2v) is 7.16. The largest absolute Gasteiger partial charge is 0.493 e. The summed E-state index contributed by atoms with van der Waals surface area (Å²) in [6, 6.07) is 8.57. The zero-order chi connectivity index (χ0) is 21.0. The van der Waals surface area contributed by atoms with Gasteiger partial charge >= 0.3 is 0 Å². The van der Waals surface area contributed by atoms with Crippen LogP contribution in [0.25, 0.3) is 11.3 Å². The van der Waals surface area contributed by atoms with E-state index in [1.807, 2.05) is 0 Å². The Labute approximate surface area is 172 Å². The number of benzene rings is 2. The number of ether oxygens (including phenoxy) is 2. The van der Waals surface area contributed by atoms with Crippen molar-refractivity contribution in [3.05, 3.63) is 53.2 Å². The Morgan fingerprint density at radius 3 is 2.62 bits per heavy atom. The second-order valence-electron chi connectivity index (χ2n) is 5.60. The van der Waals surface area contributed by atoms with E-state index in [9.17, 15) is 13.4 Å². The Morgan fingerprint density at radius 1 is 1.17 bits per heavy atom. The van der Waals surface area contributed by atoms with Gasteiger partial charge in [-0.1, -0.05) is 0 Å². The summed E-state index contributed by atoms with van der Waals surface area (Å²) in [5.74, 6) is -0.133. The van der Waals surface area contributed by atoms with Crippen LogP contribution in [0.3, 0.4) is 0 Å². The minimum Gasteiger partial charge on any atom is -0.493 e. The first-order valence-electron chi connectivity index (χ1n) is 8.07. The van der Waals surface area contributed by atoms with Crippen LogP contribution in [0.5, 0.6) is 11.5 Å². The molecule has 0 aliphatic heterocycles. The fourth-order valence-electron chi connectivity index (χ4n) is 2.52. The molecule has 0 spiro atoms. The van der Waals surface area contributed by atoms with Crippen LogP contribution < -0.4 is 19.5 Å². The number of halogens is 1. The number of carbonyl (C=O) groups excluding carboxylic acids is 1. The Hall–Kier alpha value is -3.02. The summed E-state index contributed by atoms with van der Waals surface area (Å²) in [6.45, 7) is 0. The Balaban J connectivity index is 1.82. The van der Waals surface area contributed by atoms with Crippen LogP contribution in [-0.4, -0.2) is 33.9 Å². The molecule has 29 heavy (non-hydrogen) atoms. The van der Waals surface area contributed by atoms with E-state index >= 15 is 0 Å². The molecule has 3 aromatic rings. The highest BCUT2D eigenvalue weighted by Crippen LogP contribution is 2.33. The predicted molar refractivity (Wildman–Crippen MR) is 109 cm³/mol. The highest BCUT2D eigenvalue weighted by Gasteiger charge is 2.16. The number of amides is 1. The molecule has 152 valence electrons. The van der Waals surface area contributed by atoms with Crippen LogP contribution in [0.2, 0.25) is 0 Å². The topological polar surface area (TPSA) is 110 Å². The normalized spacial score (nSPS) is 11.6. The molecule has 0 fully saturated rings. The molecule has 1 aromatic heterocycles. The molecule has 8 nitrogen and oxygen atoms in total. The molecule has 1 amide bonds. The number of hydrogen-bond acceptors (Lipinski definition) is 6. The number of rotatable bonds is 7. The minimum atomic E-state index is -2.46. The van der Waals surface area contributed by atoms with E-state index in [0.717, 1.165) is 17.7 Å². The van der Waals surface area contributed by atoms with Crippen LogP contribution in [0.15, 0.2) is 41.8 Å². The lowest BCUT2D eigenvalue weighted by atomic mass is 10.1. The van der Waals surface area contributed by atoms with Crippen LogP contribution in [-0.2, 0) is 11.3 Å². The lowest BCUT2D eigenvalue weighted by Gasteiger charge is -2.09. The van der Waals surface area contributed by atoms with Gasteiger partial charge in [-0.15, -0.1) is 11.3 Å². The van der Waals surface area contributed by atoms with Crippen molar-refractivity contribution in [1.29, 1.82) is 0 Å². The molecule has 1 unspecified atom stereocenters. The Morgan fingerprint density at radius 2 is 1.93 bits per heavy atom. The predicted octanol–water partition coefficient (Wildman–Crippen LogP) is 3.77. The van der Waals surface area contributed by atoms with Gasteiger partial charge in [0.25, 0.3) is 17.2 Å². The van der Waals surface area contributed by atoms with Gasteiger partial charge in [0.05, 0.1) is 31.2 Å². The van der Waals surface area contributed by atoms with Crippen molar-refractivity contribution in [2.45, 2.75) is 0 Å². The molecule has 11 heteroatoms. The summed E-state index contributed by atoms with van der Waals surface area (Å²) >= 11 is -1.26. The number of aromatic nitrogens is 1. The molecule has 2 aromatic carbocycles. The van der Waals surface area contributed by atoms with Gasteiger partial charge in [-0.05, 0) is 36.4 Å². The first-order chi connectivity index (χ1) is 13.9. The third-order valence-corrected chi connectivity index (χ3v) is 4.98. The van der Waals surface area contributed by atoms with Crippen LogP contribution in [0.1, 0.15) is 10.4 Å². The van der Waals surface area contributed by atoms with Gasteiger partial charge in [0.15, 0.2) is 16.6 Å².